The van der Waals surface area contributed by atoms with Crippen LogP contribution in [-0.4, -0.2) is 87.6 Å². The van der Waals surface area contributed by atoms with Crippen LogP contribution < -0.4 is 0 Å². The average molecular weight is 461 g/mol. The van der Waals surface area contributed by atoms with Gasteiger partial charge in [-0.1, -0.05) is 24.6 Å². The molecule has 0 aliphatic carbocycles. The Kier molecular flexibility index (Phi) is 15.3. The lowest BCUT2D eigenvalue weighted by atomic mass is 9.94. The summed E-state index contributed by atoms with van der Waals surface area (Å²) in [6.07, 6.45) is -1.77. The highest BCUT2D eigenvalue weighted by Crippen LogP contribution is 2.18. The fourth-order valence-corrected chi connectivity index (χ4v) is 2.95. The maximum Gasteiger partial charge on any atom is 0.303 e. The van der Waals surface area contributed by atoms with Gasteiger partial charge in [-0.3, -0.25) is 9.59 Å². The summed E-state index contributed by atoms with van der Waals surface area (Å²) in [6.45, 7) is 7.09. The number of carbonyl (C=O) groups excluding carboxylic acids is 2. The van der Waals surface area contributed by atoms with E-state index in [4.69, 9.17) is 19.7 Å². The van der Waals surface area contributed by atoms with Crippen molar-refractivity contribution in [1.29, 1.82) is 0 Å². The number of carbonyl (C=O) groups is 2. The molecule has 9 heteroatoms. The van der Waals surface area contributed by atoms with Crippen molar-refractivity contribution in [3.05, 3.63) is 23.3 Å². The van der Waals surface area contributed by atoms with Gasteiger partial charge in [-0.25, -0.2) is 0 Å². The van der Waals surface area contributed by atoms with Crippen molar-refractivity contribution in [3.8, 4) is 0 Å². The van der Waals surface area contributed by atoms with Crippen LogP contribution in [0.4, 0.5) is 0 Å². The fourth-order valence-electron chi connectivity index (χ4n) is 2.95. The molecule has 6 unspecified atom stereocenters. The minimum atomic E-state index is -1.64. The Morgan fingerprint density at radius 2 is 1.53 bits per heavy atom. The first-order valence-corrected chi connectivity index (χ1v) is 10.8. The normalized spacial score (nSPS) is 17.6. The second-order valence-corrected chi connectivity index (χ2v) is 8.26. The topological polar surface area (TPSA) is 154 Å². The van der Waals surface area contributed by atoms with E-state index in [1.54, 1.807) is 6.92 Å². The van der Waals surface area contributed by atoms with Gasteiger partial charge in [-0.15, -0.1) is 0 Å². The molecule has 0 bridgehead atoms. The molecule has 0 spiro atoms. The quantitative estimate of drug-likeness (QED) is 0.165. The Morgan fingerprint density at radius 3 is 2.03 bits per heavy atom. The van der Waals surface area contributed by atoms with Gasteiger partial charge in [-0.05, 0) is 39.2 Å². The zero-order valence-corrected chi connectivity index (χ0v) is 19.7. The summed E-state index contributed by atoms with van der Waals surface area (Å²) in [5.74, 6) is -0.780. The maximum absolute atomic E-state index is 12.6. The smallest absolute Gasteiger partial charge is 0.303 e. The van der Waals surface area contributed by atoms with Crippen LogP contribution in [0.3, 0.4) is 0 Å². The Morgan fingerprint density at radius 1 is 0.938 bits per heavy atom. The molecule has 6 atom stereocenters. The van der Waals surface area contributed by atoms with Gasteiger partial charge in [-0.2, -0.15) is 0 Å². The molecule has 32 heavy (non-hydrogen) atoms. The van der Waals surface area contributed by atoms with E-state index in [2.05, 4.69) is 6.08 Å². The predicted octanol–water partition coefficient (Wildman–Crippen LogP) is 0.659. The van der Waals surface area contributed by atoms with Crippen molar-refractivity contribution in [1.82, 2.24) is 0 Å². The molecule has 0 aliphatic heterocycles. The summed E-state index contributed by atoms with van der Waals surface area (Å²) in [5.41, 5.74) is 1.72. The molecule has 0 aliphatic rings. The minimum Gasteiger partial charge on any atom is -0.458 e. The third-order valence-corrected chi connectivity index (χ3v) is 5.08. The first-order chi connectivity index (χ1) is 14.9. The fraction of sp³-hybridized carbons (Fsp3) is 0.739. The van der Waals surface area contributed by atoms with E-state index in [0.29, 0.717) is 12.0 Å². The molecule has 5 N–H and O–H groups in total. The van der Waals surface area contributed by atoms with Crippen LogP contribution >= 0.6 is 0 Å². The maximum atomic E-state index is 12.6. The molecule has 0 saturated heterocycles. The monoisotopic (exact) mass is 460 g/mol. The van der Waals surface area contributed by atoms with Crippen LogP contribution in [0.2, 0.25) is 0 Å². The van der Waals surface area contributed by atoms with Crippen molar-refractivity contribution in [2.45, 2.75) is 84.4 Å². The van der Waals surface area contributed by atoms with Gasteiger partial charge >= 0.3 is 5.97 Å². The number of rotatable bonds is 16. The number of aliphatic hydroxyl groups excluding tert-OH is 5. The highest BCUT2D eigenvalue weighted by atomic mass is 16.5. The minimum absolute atomic E-state index is 0.00640. The van der Waals surface area contributed by atoms with E-state index >= 15 is 0 Å². The molecule has 0 heterocycles. The number of ether oxygens (including phenoxy) is 2. The highest BCUT2D eigenvalue weighted by Gasteiger charge is 2.32. The predicted molar refractivity (Wildman–Crippen MR) is 119 cm³/mol. The molecule has 0 saturated carbocycles. The van der Waals surface area contributed by atoms with E-state index in [1.165, 1.54) is 18.6 Å². The Hall–Kier alpha value is -1.62. The molecule has 0 radical (unpaired) electrons. The molecule has 186 valence electrons. The van der Waals surface area contributed by atoms with E-state index in [9.17, 15) is 24.9 Å². The number of Topliss-reactive ketones (excluding diaryl/α,β-unsaturated/α-hetero) is 1. The number of ketones is 1. The Balaban J connectivity index is 5.17. The van der Waals surface area contributed by atoms with Crippen molar-refractivity contribution >= 4 is 11.8 Å². The first-order valence-electron chi connectivity index (χ1n) is 10.8. The number of esters is 1. The van der Waals surface area contributed by atoms with Crippen LogP contribution in [0.25, 0.3) is 0 Å². The molecular formula is C23H40O9. The lowest BCUT2D eigenvalue weighted by Gasteiger charge is -2.29. The second kappa shape index (κ2) is 16.1. The lowest BCUT2D eigenvalue weighted by molar-refractivity contribution is -0.146. The molecule has 0 aromatic carbocycles. The number of aliphatic hydroxyl groups is 5. The Labute approximate surface area is 190 Å². The van der Waals surface area contributed by atoms with E-state index in [-0.39, 0.29) is 24.7 Å². The lowest BCUT2D eigenvalue weighted by Crippen LogP contribution is -2.48. The van der Waals surface area contributed by atoms with Crippen LogP contribution in [0, 0.1) is 5.92 Å². The summed E-state index contributed by atoms with van der Waals surface area (Å²) in [5, 5.41) is 47.6. The summed E-state index contributed by atoms with van der Waals surface area (Å²) in [7, 11) is 0. The van der Waals surface area contributed by atoms with Crippen molar-refractivity contribution in [3.63, 3.8) is 0 Å². The molecule has 9 nitrogen and oxygen atoms in total. The van der Waals surface area contributed by atoms with Crippen molar-refractivity contribution in [2.75, 3.05) is 19.8 Å². The third-order valence-electron chi connectivity index (χ3n) is 5.08. The molecule has 0 amide bonds. The Bertz CT molecular complexity index is 625. The first kappa shape index (κ1) is 30.4. The highest BCUT2D eigenvalue weighted by molar-refractivity contribution is 5.82. The molecule has 0 fully saturated rings. The SMILES string of the molecule is CC(=O)OC(CC(=O)C(C)CCC=C(C)C)C(C)=CCOC(C(O)CO)C(O)C(O)CO. The largest absolute Gasteiger partial charge is 0.458 e. The number of hydrogen-bond acceptors (Lipinski definition) is 9. The van der Waals surface area contributed by atoms with E-state index in [0.717, 1.165) is 6.42 Å². The summed E-state index contributed by atoms with van der Waals surface area (Å²) >= 11 is 0. The van der Waals surface area contributed by atoms with Crippen LogP contribution in [0.15, 0.2) is 23.3 Å². The van der Waals surface area contributed by atoms with Gasteiger partial charge in [0.05, 0.1) is 19.8 Å². The molecule has 0 rings (SSSR count). The number of hydrogen-bond donors (Lipinski definition) is 5. The van der Waals surface area contributed by atoms with Gasteiger partial charge in [0, 0.05) is 19.3 Å². The molecule has 0 aromatic rings. The molecule has 0 aromatic heterocycles. The van der Waals surface area contributed by atoms with Gasteiger partial charge in [0.15, 0.2) is 0 Å². The summed E-state index contributed by atoms with van der Waals surface area (Å²) in [6, 6.07) is 0. The van der Waals surface area contributed by atoms with Gasteiger partial charge in [0.1, 0.15) is 36.3 Å². The average Bonchev–Trinajstić information content (AvgIpc) is 2.73. The van der Waals surface area contributed by atoms with Gasteiger partial charge in [0.2, 0.25) is 0 Å². The van der Waals surface area contributed by atoms with Crippen LogP contribution in [0.1, 0.15) is 53.9 Å². The van der Waals surface area contributed by atoms with E-state index < -0.39 is 49.7 Å². The third kappa shape index (κ3) is 11.8. The van der Waals surface area contributed by atoms with E-state index in [1.807, 2.05) is 20.8 Å². The summed E-state index contributed by atoms with van der Waals surface area (Å²) in [4.78, 5) is 24.1. The van der Waals surface area contributed by atoms with Crippen molar-refractivity contribution in [2.24, 2.45) is 5.92 Å². The molecular weight excluding hydrogens is 420 g/mol. The van der Waals surface area contributed by atoms with Crippen molar-refractivity contribution < 1.29 is 44.6 Å². The standard InChI is InChI=1S/C23H40O9/c1-14(2)7-6-8-15(3)18(27)11-21(32-17(5)26)16(4)9-10-31-23(20(29)13-25)22(30)19(28)12-24/h7,9,15,19-25,28-30H,6,8,10-13H2,1-5H3. The number of allylic oxidation sites excluding steroid dienone is 2. The van der Waals surface area contributed by atoms with Gasteiger partial charge < -0.3 is 35.0 Å². The zero-order valence-electron chi connectivity index (χ0n) is 19.7. The van der Waals surface area contributed by atoms with Crippen LogP contribution in [0.5, 0.6) is 0 Å². The van der Waals surface area contributed by atoms with Crippen LogP contribution in [-0.2, 0) is 19.1 Å². The zero-order chi connectivity index (χ0) is 24.8. The second-order valence-electron chi connectivity index (χ2n) is 8.26. The van der Waals surface area contributed by atoms with Gasteiger partial charge in [0.25, 0.3) is 0 Å². The summed E-state index contributed by atoms with van der Waals surface area (Å²) < 4.78 is 10.7.